The van der Waals surface area contributed by atoms with Gasteiger partial charge in [0.1, 0.15) is 0 Å². The third kappa shape index (κ3) is 8.35. The molecule has 2 N–H and O–H groups in total. The Labute approximate surface area is 186 Å². The van der Waals surface area contributed by atoms with Gasteiger partial charge in [0.25, 0.3) is 0 Å². The molecule has 2 aliphatic heterocycles. The highest BCUT2D eigenvalue weighted by Gasteiger charge is 2.23. The number of aliphatic carboxylic acids is 2. The smallest absolute Gasteiger partial charge is 0.414 e. The van der Waals surface area contributed by atoms with Crippen molar-refractivity contribution in [3.05, 3.63) is 23.4 Å². The Balaban J connectivity index is 0.000000183. The summed E-state index contributed by atoms with van der Waals surface area (Å²) in [5.74, 6) is 0.457. The first-order valence-corrected chi connectivity index (χ1v) is 10.6. The van der Waals surface area contributed by atoms with Gasteiger partial charge in [-0.2, -0.15) is 9.97 Å². The molecule has 0 spiro atoms. The highest BCUT2D eigenvalue weighted by atomic mass is 16.5. The van der Waals surface area contributed by atoms with Crippen molar-refractivity contribution in [2.24, 2.45) is 0 Å². The fraction of sp³-hybridized carbons (Fsp3) is 0.700. The number of piperidine rings is 2. The van der Waals surface area contributed by atoms with Crippen molar-refractivity contribution in [1.82, 2.24) is 30.1 Å². The average molecular weight is 453 g/mol. The van der Waals surface area contributed by atoms with E-state index in [-0.39, 0.29) is 0 Å². The van der Waals surface area contributed by atoms with E-state index in [9.17, 15) is 0 Å². The lowest BCUT2D eigenvalue weighted by Gasteiger charge is -2.26. The summed E-state index contributed by atoms with van der Waals surface area (Å²) in [5.41, 5.74) is 0. The molecule has 2 aliphatic rings. The van der Waals surface area contributed by atoms with Gasteiger partial charge in [-0.1, -0.05) is 10.3 Å². The van der Waals surface area contributed by atoms with Crippen molar-refractivity contribution in [2.75, 3.05) is 40.3 Å². The van der Waals surface area contributed by atoms with Crippen LogP contribution in [0.5, 0.6) is 0 Å². The first-order chi connectivity index (χ1) is 15.2. The van der Waals surface area contributed by atoms with Gasteiger partial charge >= 0.3 is 11.9 Å². The number of hydrogen-bond donors (Lipinski definition) is 2. The van der Waals surface area contributed by atoms with Gasteiger partial charge in [-0.3, -0.25) is 0 Å². The zero-order valence-electron chi connectivity index (χ0n) is 19.0. The minimum absolute atomic E-state index is 0.484. The van der Waals surface area contributed by atoms with Crippen molar-refractivity contribution in [3.8, 4) is 0 Å². The van der Waals surface area contributed by atoms with Gasteiger partial charge in [0.15, 0.2) is 11.6 Å². The zero-order valence-corrected chi connectivity index (χ0v) is 19.0. The molecule has 0 bridgehead atoms. The van der Waals surface area contributed by atoms with E-state index in [4.69, 9.17) is 28.8 Å². The molecule has 2 fully saturated rings. The first-order valence-electron chi connectivity index (χ1n) is 10.6. The summed E-state index contributed by atoms with van der Waals surface area (Å²) in [7, 11) is 4.30. The van der Waals surface area contributed by atoms with Gasteiger partial charge in [-0.15, -0.1) is 0 Å². The zero-order chi connectivity index (χ0) is 23.7. The fourth-order valence-corrected chi connectivity index (χ4v) is 3.47. The van der Waals surface area contributed by atoms with Crippen molar-refractivity contribution < 1.29 is 28.8 Å². The summed E-state index contributed by atoms with van der Waals surface area (Å²) in [6.45, 7) is 8.25. The molecule has 0 aliphatic carbocycles. The third-order valence-corrected chi connectivity index (χ3v) is 5.41. The molecule has 0 atom stereocenters. The lowest BCUT2D eigenvalue weighted by atomic mass is 9.97. The van der Waals surface area contributed by atoms with Crippen LogP contribution in [0.3, 0.4) is 0 Å². The maximum absolute atomic E-state index is 9.10. The van der Waals surface area contributed by atoms with Crippen LogP contribution in [0, 0.1) is 13.8 Å². The van der Waals surface area contributed by atoms with Gasteiger partial charge in [-0.25, -0.2) is 9.59 Å². The quantitative estimate of drug-likeness (QED) is 0.634. The van der Waals surface area contributed by atoms with E-state index in [0.717, 1.165) is 75.3 Å². The Hall–Kier alpha value is -2.86. The number of aromatic nitrogens is 4. The van der Waals surface area contributed by atoms with Crippen molar-refractivity contribution >= 4 is 11.9 Å². The summed E-state index contributed by atoms with van der Waals surface area (Å²) in [6, 6.07) is 0. The monoisotopic (exact) mass is 452 g/mol. The Morgan fingerprint density at radius 3 is 1.28 bits per heavy atom. The predicted octanol–water partition coefficient (Wildman–Crippen LogP) is 1.53. The Kier molecular flexibility index (Phi) is 9.72. The van der Waals surface area contributed by atoms with Crippen molar-refractivity contribution in [2.45, 2.75) is 51.4 Å². The molecule has 2 saturated heterocycles. The molecule has 4 heterocycles. The summed E-state index contributed by atoms with van der Waals surface area (Å²) < 4.78 is 10.3. The summed E-state index contributed by atoms with van der Waals surface area (Å²) in [6.07, 6.45) is 4.55. The van der Waals surface area contributed by atoms with Crippen LogP contribution in [-0.4, -0.2) is 92.5 Å². The number of likely N-dealkylation sites (tertiary alicyclic amines) is 2. The van der Waals surface area contributed by atoms with Crippen LogP contribution in [0.2, 0.25) is 0 Å². The topological polar surface area (TPSA) is 159 Å². The summed E-state index contributed by atoms with van der Waals surface area (Å²) in [4.78, 5) is 31.4. The molecule has 0 unspecified atom stereocenters. The van der Waals surface area contributed by atoms with Crippen LogP contribution in [0.4, 0.5) is 0 Å². The van der Waals surface area contributed by atoms with Gasteiger partial charge < -0.3 is 29.1 Å². The van der Waals surface area contributed by atoms with Crippen molar-refractivity contribution in [3.63, 3.8) is 0 Å². The van der Waals surface area contributed by atoms with Gasteiger partial charge in [0.2, 0.25) is 11.8 Å². The van der Waals surface area contributed by atoms with E-state index in [1.807, 2.05) is 13.8 Å². The molecular weight excluding hydrogens is 420 g/mol. The number of hydrogen-bond acceptors (Lipinski definition) is 10. The molecule has 0 amide bonds. The lowest BCUT2D eigenvalue weighted by Crippen LogP contribution is -2.29. The number of carboxylic acid groups (broad SMARTS) is 2. The average Bonchev–Trinajstić information content (AvgIpc) is 3.38. The SMILES string of the molecule is Cc1noc(C2CCN(C)CC2)n1.Cc1noc(C2CCN(C)CC2)n1.O=C(O)C(=O)O. The molecule has 2 aromatic heterocycles. The summed E-state index contributed by atoms with van der Waals surface area (Å²) >= 11 is 0. The molecular formula is C20H32N6O6. The number of carboxylic acids is 2. The molecule has 0 aromatic carbocycles. The van der Waals surface area contributed by atoms with E-state index in [2.05, 4.69) is 44.2 Å². The fourth-order valence-electron chi connectivity index (χ4n) is 3.47. The Morgan fingerprint density at radius 1 is 0.750 bits per heavy atom. The Morgan fingerprint density at radius 2 is 1.06 bits per heavy atom. The minimum atomic E-state index is -1.82. The molecule has 178 valence electrons. The molecule has 0 radical (unpaired) electrons. The number of nitrogens with zero attached hydrogens (tertiary/aromatic N) is 6. The predicted molar refractivity (Wildman–Crippen MR) is 112 cm³/mol. The highest BCUT2D eigenvalue weighted by molar-refractivity contribution is 6.27. The second-order valence-corrected chi connectivity index (χ2v) is 8.13. The molecule has 4 rings (SSSR count). The minimum Gasteiger partial charge on any atom is -0.473 e. The lowest BCUT2D eigenvalue weighted by molar-refractivity contribution is -0.159. The van der Waals surface area contributed by atoms with E-state index >= 15 is 0 Å². The van der Waals surface area contributed by atoms with Gasteiger partial charge in [-0.05, 0) is 79.8 Å². The third-order valence-electron chi connectivity index (χ3n) is 5.41. The van der Waals surface area contributed by atoms with Gasteiger partial charge in [0, 0.05) is 11.8 Å². The number of carbonyl (C=O) groups is 2. The van der Waals surface area contributed by atoms with Crippen LogP contribution in [0.25, 0.3) is 0 Å². The standard InChI is InChI=1S/2C9H15N3O.C2H2O4/c2*1-7-10-9(13-11-7)8-3-5-12(2)6-4-8;3-1(4)2(5)6/h2*8H,3-6H2,1-2H3;(H,3,4)(H,5,6). The van der Waals surface area contributed by atoms with E-state index in [1.54, 1.807) is 0 Å². The van der Waals surface area contributed by atoms with E-state index in [0.29, 0.717) is 11.8 Å². The first kappa shape index (κ1) is 25.4. The molecule has 12 nitrogen and oxygen atoms in total. The van der Waals surface area contributed by atoms with E-state index < -0.39 is 11.9 Å². The molecule has 32 heavy (non-hydrogen) atoms. The maximum Gasteiger partial charge on any atom is 0.414 e. The highest BCUT2D eigenvalue weighted by Crippen LogP contribution is 2.26. The van der Waals surface area contributed by atoms with Crippen molar-refractivity contribution in [1.29, 1.82) is 0 Å². The second kappa shape index (κ2) is 12.2. The second-order valence-electron chi connectivity index (χ2n) is 8.13. The van der Waals surface area contributed by atoms with Crippen LogP contribution in [0.15, 0.2) is 9.05 Å². The molecule has 12 heteroatoms. The largest absolute Gasteiger partial charge is 0.473 e. The number of rotatable bonds is 2. The maximum atomic E-state index is 9.10. The van der Waals surface area contributed by atoms with Gasteiger partial charge in [0.05, 0.1) is 0 Å². The normalized spacial score (nSPS) is 18.2. The van der Waals surface area contributed by atoms with Crippen LogP contribution >= 0.6 is 0 Å². The summed E-state index contributed by atoms with van der Waals surface area (Å²) in [5, 5.41) is 22.4. The van der Waals surface area contributed by atoms with E-state index in [1.165, 1.54) is 0 Å². The Bertz CT molecular complexity index is 782. The van der Waals surface area contributed by atoms with Crippen LogP contribution in [0.1, 0.15) is 60.9 Å². The molecule has 2 aromatic rings. The molecule has 0 saturated carbocycles. The van der Waals surface area contributed by atoms with Crippen LogP contribution in [-0.2, 0) is 9.59 Å². The number of aryl methyl sites for hydroxylation is 2. The van der Waals surface area contributed by atoms with Crippen LogP contribution < -0.4 is 0 Å².